The van der Waals surface area contributed by atoms with Gasteiger partial charge in [0.2, 0.25) is 0 Å². The Morgan fingerprint density at radius 1 is 0.792 bits per heavy atom. The van der Waals surface area contributed by atoms with Crippen LogP contribution in [0.4, 0.5) is 0 Å². The van der Waals surface area contributed by atoms with Gasteiger partial charge in [0.15, 0.2) is 0 Å². The summed E-state index contributed by atoms with van der Waals surface area (Å²) in [6.07, 6.45) is 0. The van der Waals surface area contributed by atoms with Crippen LogP contribution in [-0.2, 0) is 11.3 Å². The molecular formula is C22H23BiO. The van der Waals surface area contributed by atoms with E-state index < -0.39 is 21.8 Å². The number of ether oxygens (including phenoxy) is 1. The van der Waals surface area contributed by atoms with Crippen LogP contribution in [-0.4, -0.2) is 28.4 Å². The molecule has 0 saturated carbocycles. The molecule has 0 aliphatic rings. The average Bonchev–Trinajstić information content (AvgIpc) is 2.63. The summed E-state index contributed by atoms with van der Waals surface area (Å²) in [7, 11) is 0. The van der Waals surface area contributed by atoms with Crippen LogP contribution in [0.2, 0.25) is 0 Å². The van der Waals surface area contributed by atoms with Crippen LogP contribution in [0, 0.1) is 6.92 Å². The van der Waals surface area contributed by atoms with Crippen LogP contribution in [0.1, 0.15) is 18.1 Å². The average molecular weight is 512 g/mol. The normalized spacial score (nSPS) is 11.0. The van der Waals surface area contributed by atoms with Gasteiger partial charge in [-0.2, -0.15) is 0 Å². The second kappa shape index (κ2) is 8.56. The van der Waals surface area contributed by atoms with Gasteiger partial charge in [0.1, 0.15) is 0 Å². The van der Waals surface area contributed by atoms with Crippen molar-refractivity contribution in [3.8, 4) is 0 Å². The Morgan fingerprint density at radius 2 is 1.38 bits per heavy atom. The van der Waals surface area contributed by atoms with Crippen molar-refractivity contribution in [3.05, 3.63) is 90.0 Å². The van der Waals surface area contributed by atoms with E-state index in [2.05, 4.69) is 92.7 Å². The maximum absolute atomic E-state index is 5.77. The van der Waals surface area contributed by atoms with E-state index in [4.69, 9.17) is 4.74 Å². The molecule has 0 unspecified atom stereocenters. The summed E-state index contributed by atoms with van der Waals surface area (Å²) in [6, 6.07) is 29.0. The standard InChI is InChI=1S/C10H13O.2C6H5.Bi/c1-3-11-8-10-6-4-5-9(2)7-10;2*1-2-4-6-5-3-1;/h4-5,7H,3,8H2,1-2H3;2*1-5H;. The fraction of sp³-hybridized carbons (Fsp3) is 0.182. The van der Waals surface area contributed by atoms with Crippen molar-refractivity contribution in [1.29, 1.82) is 0 Å². The summed E-state index contributed by atoms with van der Waals surface area (Å²) in [5.41, 5.74) is 2.67. The number of hydrogen-bond acceptors (Lipinski definition) is 1. The zero-order valence-corrected chi connectivity index (χ0v) is 17.8. The Kier molecular flexibility index (Phi) is 6.18. The molecule has 0 radical (unpaired) electrons. The third-order valence-electron chi connectivity index (χ3n) is 3.97. The Morgan fingerprint density at radius 3 is 1.92 bits per heavy atom. The van der Waals surface area contributed by atoms with Crippen LogP contribution in [0.5, 0.6) is 0 Å². The minimum absolute atomic E-state index is 0.707. The molecule has 2 heteroatoms. The fourth-order valence-electron chi connectivity index (χ4n) is 2.84. The first kappa shape index (κ1) is 17.3. The molecule has 0 bridgehead atoms. The van der Waals surface area contributed by atoms with E-state index in [1.54, 1.807) is 0 Å². The molecule has 0 fully saturated rings. The van der Waals surface area contributed by atoms with E-state index in [9.17, 15) is 0 Å². The number of benzene rings is 3. The molecule has 0 amide bonds. The number of aryl methyl sites for hydroxylation is 1. The predicted octanol–water partition coefficient (Wildman–Crippen LogP) is 3.05. The van der Waals surface area contributed by atoms with Crippen LogP contribution in [0.15, 0.2) is 78.9 Å². The zero-order chi connectivity index (χ0) is 16.8. The third-order valence-corrected chi connectivity index (χ3v) is 13.9. The van der Waals surface area contributed by atoms with Gasteiger partial charge in [-0.1, -0.05) is 0 Å². The molecule has 0 spiro atoms. The first-order chi connectivity index (χ1) is 11.8. The van der Waals surface area contributed by atoms with Crippen molar-refractivity contribution in [2.75, 3.05) is 6.61 Å². The molecule has 1 nitrogen and oxygen atoms in total. The first-order valence-corrected chi connectivity index (χ1v) is 13.6. The van der Waals surface area contributed by atoms with Crippen molar-refractivity contribution in [2.45, 2.75) is 20.5 Å². The molecule has 0 saturated heterocycles. The number of hydrogen-bond donors (Lipinski definition) is 0. The van der Waals surface area contributed by atoms with Crippen LogP contribution in [0.3, 0.4) is 0 Å². The summed E-state index contributed by atoms with van der Waals surface area (Å²) in [4.78, 5) is 0. The van der Waals surface area contributed by atoms with Crippen molar-refractivity contribution in [3.63, 3.8) is 0 Å². The van der Waals surface area contributed by atoms with Gasteiger partial charge in [0.25, 0.3) is 0 Å². The van der Waals surface area contributed by atoms with E-state index in [1.165, 1.54) is 20.9 Å². The molecule has 0 aliphatic carbocycles. The summed E-state index contributed by atoms with van der Waals surface area (Å²) < 4.78 is 10.3. The number of rotatable bonds is 6. The van der Waals surface area contributed by atoms with Crippen molar-refractivity contribution in [1.82, 2.24) is 0 Å². The van der Waals surface area contributed by atoms with Gasteiger partial charge >= 0.3 is 153 Å². The van der Waals surface area contributed by atoms with Crippen molar-refractivity contribution in [2.24, 2.45) is 0 Å². The van der Waals surface area contributed by atoms with Crippen LogP contribution < -0.4 is 9.81 Å². The third kappa shape index (κ3) is 4.12. The van der Waals surface area contributed by atoms with Crippen molar-refractivity contribution >= 4 is 31.6 Å². The SMILES string of the molecule is CCOCc1cc(C)cc[c]1[Bi]([c]1ccccc1)[c]1ccccc1. The molecule has 3 aromatic carbocycles. The molecular weight excluding hydrogens is 489 g/mol. The van der Waals surface area contributed by atoms with Crippen LogP contribution >= 0.6 is 0 Å². The molecule has 0 heterocycles. The van der Waals surface area contributed by atoms with E-state index >= 15 is 0 Å². The summed E-state index contributed by atoms with van der Waals surface area (Å²) >= 11 is -2.29. The van der Waals surface area contributed by atoms with E-state index in [-0.39, 0.29) is 0 Å². The van der Waals surface area contributed by atoms with Gasteiger partial charge in [-0.25, -0.2) is 0 Å². The molecule has 0 aromatic heterocycles. The van der Waals surface area contributed by atoms with Gasteiger partial charge in [0, 0.05) is 0 Å². The van der Waals surface area contributed by atoms with E-state index in [0.717, 1.165) is 6.61 Å². The minimum atomic E-state index is -2.29. The second-order valence-electron chi connectivity index (χ2n) is 5.78. The monoisotopic (exact) mass is 512 g/mol. The molecule has 122 valence electrons. The second-order valence-corrected chi connectivity index (χ2v) is 14.3. The zero-order valence-electron chi connectivity index (χ0n) is 14.3. The van der Waals surface area contributed by atoms with Gasteiger partial charge in [-0.05, 0) is 0 Å². The first-order valence-electron chi connectivity index (χ1n) is 8.37. The summed E-state index contributed by atoms with van der Waals surface area (Å²) in [5, 5.41) is 0. The van der Waals surface area contributed by atoms with Crippen molar-refractivity contribution < 1.29 is 4.74 Å². The fourth-order valence-corrected chi connectivity index (χ4v) is 12.3. The topological polar surface area (TPSA) is 9.23 Å². The molecule has 0 N–H and O–H groups in total. The predicted molar refractivity (Wildman–Crippen MR) is 104 cm³/mol. The van der Waals surface area contributed by atoms with Gasteiger partial charge in [-0.3, -0.25) is 0 Å². The Bertz CT molecular complexity index is 729. The van der Waals surface area contributed by atoms with Gasteiger partial charge < -0.3 is 0 Å². The van der Waals surface area contributed by atoms with Gasteiger partial charge in [0.05, 0.1) is 0 Å². The summed E-state index contributed by atoms with van der Waals surface area (Å²) in [5.74, 6) is 0. The molecule has 3 aromatic rings. The van der Waals surface area contributed by atoms with E-state index in [0.29, 0.717) is 6.61 Å². The van der Waals surface area contributed by atoms with Gasteiger partial charge in [-0.15, -0.1) is 0 Å². The quantitative estimate of drug-likeness (QED) is 0.462. The van der Waals surface area contributed by atoms with Crippen LogP contribution in [0.25, 0.3) is 0 Å². The van der Waals surface area contributed by atoms with E-state index in [1.807, 2.05) is 0 Å². The Labute approximate surface area is 153 Å². The molecule has 3 rings (SSSR count). The maximum atomic E-state index is 5.77. The molecule has 0 aliphatic heterocycles. The summed E-state index contributed by atoms with van der Waals surface area (Å²) in [6.45, 7) is 5.68. The Balaban J connectivity index is 2.13. The molecule has 24 heavy (non-hydrogen) atoms. The molecule has 0 atom stereocenters. The Hall–Kier alpha value is -1.50.